The summed E-state index contributed by atoms with van der Waals surface area (Å²) in [5.41, 5.74) is 1.00. The van der Waals surface area contributed by atoms with Crippen molar-refractivity contribution in [2.75, 3.05) is 0 Å². The van der Waals surface area contributed by atoms with Crippen molar-refractivity contribution in [3.8, 4) is 0 Å². The lowest BCUT2D eigenvalue weighted by Crippen LogP contribution is -2.10. The maximum Gasteiger partial charge on any atom is 0.207 e. The summed E-state index contributed by atoms with van der Waals surface area (Å²) in [7, 11) is -3.90. The Bertz CT molecular complexity index is 997. The topological polar surface area (TPSA) is 34.1 Å². The fourth-order valence-electron chi connectivity index (χ4n) is 4.75. The highest BCUT2D eigenvalue weighted by Crippen LogP contribution is 2.30. The van der Waals surface area contributed by atoms with E-state index in [1.54, 1.807) is 0 Å². The van der Waals surface area contributed by atoms with Crippen LogP contribution in [0.1, 0.15) is 101 Å². The highest BCUT2D eigenvalue weighted by Gasteiger charge is 2.24. The SMILES string of the molecule is C=CCCCCCCCCc1cc(F)ccc1S(=O)(=O)c1ccc(F)cc1CCCCCCCCC=C. The molecule has 0 aliphatic heterocycles. The van der Waals surface area contributed by atoms with E-state index in [0.29, 0.717) is 24.0 Å². The quantitative estimate of drug-likeness (QED) is 0.0970. The molecule has 0 radical (unpaired) electrons. The van der Waals surface area contributed by atoms with Crippen LogP contribution in [0, 0.1) is 11.6 Å². The molecule has 0 aliphatic rings. The molecule has 2 nitrogen and oxygen atoms in total. The van der Waals surface area contributed by atoms with Crippen LogP contribution in [0.15, 0.2) is 71.5 Å². The molecule has 0 bridgehead atoms. The number of benzene rings is 2. The fraction of sp³-hybridized carbons (Fsp3) is 0.500. The summed E-state index contributed by atoms with van der Waals surface area (Å²) in [4.78, 5) is 0.268. The Labute approximate surface area is 223 Å². The minimum absolute atomic E-state index is 0.134. The van der Waals surface area contributed by atoms with Gasteiger partial charge in [0.2, 0.25) is 9.84 Å². The zero-order valence-corrected chi connectivity index (χ0v) is 23.1. The van der Waals surface area contributed by atoms with Crippen LogP contribution in [0.5, 0.6) is 0 Å². The summed E-state index contributed by atoms with van der Waals surface area (Å²) in [5.74, 6) is -0.878. The van der Waals surface area contributed by atoms with Gasteiger partial charge in [-0.3, -0.25) is 0 Å². The summed E-state index contributed by atoms with van der Waals surface area (Å²) in [6, 6.07) is 7.81. The Morgan fingerprint density at radius 1 is 0.568 bits per heavy atom. The minimum Gasteiger partial charge on any atom is -0.218 e. The molecule has 0 aliphatic carbocycles. The van der Waals surface area contributed by atoms with E-state index in [1.165, 1.54) is 36.4 Å². The third-order valence-electron chi connectivity index (χ3n) is 6.83. The van der Waals surface area contributed by atoms with E-state index in [-0.39, 0.29) is 9.79 Å². The van der Waals surface area contributed by atoms with E-state index >= 15 is 0 Å². The van der Waals surface area contributed by atoms with E-state index in [1.807, 2.05) is 12.2 Å². The Balaban J connectivity index is 2.06. The molecule has 0 fully saturated rings. The van der Waals surface area contributed by atoms with Crippen LogP contribution >= 0.6 is 0 Å². The summed E-state index contributed by atoms with van der Waals surface area (Å²) < 4.78 is 55.6. The van der Waals surface area contributed by atoms with E-state index in [2.05, 4.69) is 13.2 Å². The van der Waals surface area contributed by atoms with E-state index < -0.39 is 21.5 Å². The highest BCUT2D eigenvalue weighted by atomic mass is 32.2. The zero-order valence-electron chi connectivity index (χ0n) is 22.3. The van der Waals surface area contributed by atoms with Crippen molar-refractivity contribution in [1.29, 1.82) is 0 Å². The van der Waals surface area contributed by atoms with Gasteiger partial charge in [-0.1, -0.05) is 63.5 Å². The molecule has 37 heavy (non-hydrogen) atoms. The van der Waals surface area contributed by atoms with Gasteiger partial charge >= 0.3 is 0 Å². The molecule has 0 saturated heterocycles. The van der Waals surface area contributed by atoms with Gasteiger partial charge in [0.15, 0.2) is 0 Å². The lowest BCUT2D eigenvalue weighted by molar-refractivity contribution is 0.578. The molecular weight excluding hydrogens is 486 g/mol. The van der Waals surface area contributed by atoms with E-state index in [4.69, 9.17) is 0 Å². The van der Waals surface area contributed by atoms with Crippen LogP contribution in [-0.4, -0.2) is 8.42 Å². The second-order valence-electron chi connectivity index (χ2n) is 9.90. The number of halogens is 2. The van der Waals surface area contributed by atoms with Crippen LogP contribution < -0.4 is 0 Å². The molecule has 2 aromatic carbocycles. The van der Waals surface area contributed by atoms with Crippen molar-refractivity contribution in [3.63, 3.8) is 0 Å². The van der Waals surface area contributed by atoms with Crippen molar-refractivity contribution in [2.45, 2.75) is 113 Å². The molecule has 204 valence electrons. The molecule has 0 saturated carbocycles. The largest absolute Gasteiger partial charge is 0.218 e. The van der Waals surface area contributed by atoms with Crippen molar-refractivity contribution in [3.05, 3.63) is 84.5 Å². The second-order valence-corrected chi connectivity index (χ2v) is 11.8. The third kappa shape index (κ3) is 10.9. The number of aryl methyl sites for hydroxylation is 2. The van der Waals surface area contributed by atoms with Gasteiger partial charge in [-0.15, -0.1) is 13.2 Å². The van der Waals surface area contributed by atoms with Crippen molar-refractivity contribution in [1.82, 2.24) is 0 Å². The lowest BCUT2D eigenvalue weighted by Gasteiger charge is -2.15. The Kier molecular flexibility index (Phi) is 14.5. The molecule has 2 rings (SSSR count). The van der Waals surface area contributed by atoms with Gasteiger partial charge < -0.3 is 0 Å². The van der Waals surface area contributed by atoms with Gasteiger partial charge in [0.1, 0.15) is 11.6 Å². The van der Waals surface area contributed by atoms with Crippen LogP contribution in [0.2, 0.25) is 0 Å². The summed E-state index contributed by atoms with van der Waals surface area (Å²) >= 11 is 0. The fourth-order valence-corrected chi connectivity index (χ4v) is 6.50. The maximum absolute atomic E-state index is 14.1. The highest BCUT2D eigenvalue weighted by molar-refractivity contribution is 7.91. The third-order valence-corrected chi connectivity index (χ3v) is 8.79. The first-order chi connectivity index (χ1) is 17.9. The normalized spacial score (nSPS) is 11.5. The van der Waals surface area contributed by atoms with Crippen molar-refractivity contribution in [2.24, 2.45) is 0 Å². The minimum atomic E-state index is -3.90. The number of allylic oxidation sites excluding steroid dienone is 2. The van der Waals surface area contributed by atoms with Gasteiger partial charge in [0, 0.05) is 0 Å². The molecule has 5 heteroatoms. The molecule has 0 amide bonds. The van der Waals surface area contributed by atoms with Crippen molar-refractivity contribution >= 4 is 9.84 Å². The predicted octanol–water partition coefficient (Wildman–Crippen LogP) is 9.72. The molecule has 0 unspecified atom stereocenters. The zero-order chi connectivity index (χ0) is 26.9. The monoisotopic (exact) mass is 530 g/mol. The molecule has 2 aromatic rings. The van der Waals surface area contributed by atoms with Gasteiger partial charge in [-0.2, -0.15) is 0 Å². The molecule has 0 spiro atoms. The second kappa shape index (κ2) is 17.3. The smallest absolute Gasteiger partial charge is 0.207 e. The number of hydrogen-bond donors (Lipinski definition) is 0. The lowest BCUT2D eigenvalue weighted by atomic mass is 10.0. The molecule has 0 N–H and O–H groups in total. The number of unbranched alkanes of at least 4 members (excludes halogenated alkanes) is 12. The van der Waals surface area contributed by atoms with Gasteiger partial charge in [-0.25, -0.2) is 17.2 Å². The van der Waals surface area contributed by atoms with Crippen LogP contribution in [0.4, 0.5) is 8.78 Å². The van der Waals surface area contributed by atoms with Gasteiger partial charge in [0.05, 0.1) is 9.79 Å². The Morgan fingerprint density at radius 2 is 0.919 bits per heavy atom. The van der Waals surface area contributed by atoms with Crippen LogP contribution in [-0.2, 0) is 22.7 Å². The molecular formula is C32H44F2O2S. The maximum atomic E-state index is 14.1. The van der Waals surface area contributed by atoms with Crippen molar-refractivity contribution < 1.29 is 17.2 Å². The number of rotatable bonds is 20. The average molecular weight is 531 g/mol. The Hall–Kier alpha value is -2.27. The summed E-state index contributed by atoms with van der Waals surface area (Å²) in [6.07, 6.45) is 19.5. The summed E-state index contributed by atoms with van der Waals surface area (Å²) in [5, 5.41) is 0. The van der Waals surface area contributed by atoms with Gasteiger partial charge in [0.25, 0.3) is 0 Å². The van der Waals surface area contributed by atoms with Crippen LogP contribution in [0.3, 0.4) is 0 Å². The molecule has 0 atom stereocenters. The molecule has 0 aromatic heterocycles. The average Bonchev–Trinajstić information content (AvgIpc) is 2.87. The number of hydrogen-bond acceptors (Lipinski definition) is 2. The van der Waals surface area contributed by atoms with E-state index in [9.17, 15) is 17.2 Å². The first-order valence-corrected chi connectivity index (χ1v) is 15.4. The number of sulfone groups is 1. The predicted molar refractivity (Wildman–Crippen MR) is 151 cm³/mol. The van der Waals surface area contributed by atoms with Crippen LogP contribution in [0.25, 0.3) is 0 Å². The Morgan fingerprint density at radius 3 is 1.30 bits per heavy atom. The first kappa shape index (κ1) is 31.0. The summed E-state index contributed by atoms with van der Waals surface area (Å²) in [6.45, 7) is 7.48. The van der Waals surface area contributed by atoms with Gasteiger partial charge in [-0.05, 0) is 98.9 Å². The van der Waals surface area contributed by atoms with E-state index in [0.717, 1.165) is 89.9 Å². The first-order valence-electron chi connectivity index (χ1n) is 13.9. The molecule has 0 heterocycles. The standard InChI is InChI=1S/C32H44F2O2S/c1-3-5-7-9-11-13-15-17-19-27-25-29(33)21-23-31(27)37(35,36)32-24-22-30(34)26-28(32)20-18-16-14-12-10-8-6-4-2/h3-4,21-26H,1-2,5-20H2.